The van der Waals surface area contributed by atoms with E-state index in [1.807, 2.05) is 42.5 Å². The van der Waals surface area contributed by atoms with Gasteiger partial charge in [-0.15, -0.1) is 0 Å². The fourth-order valence-electron chi connectivity index (χ4n) is 2.54. The molecule has 0 fully saturated rings. The first-order chi connectivity index (χ1) is 11.1. The summed E-state index contributed by atoms with van der Waals surface area (Å²) in [5.74, 6) is 1.54. The average molecular weight is 315 g/mol. The molecule has 2 aromatic carbocycles. The molecule has 2 aromatic rings. The van der Waals surface area contributed by atoms with Gasteiger partial charge in [-0.3, -0.25) is 0 Å². The van der Waals surface area contributed by atoms with E-state index in [2.05, 4.69) is 0 Å². The van der Waals surface area contributed by atoms with Crippen LogP contribution in [0.25, 0.3) is 11.1 Å². The van der Waals surface area contributed by atoms with Crippen LogP contribution in [0, 0.1) is 0 Å². The van der Waals surface area contributed by atoms with Crippen molar-refractivity contribution in [3.63, 3.8) is 0 Å². The van der Waals surface area contributed by atoms with Gasteiger partial charge < -0.3 is 25.4 Å². The van der Waals surface area contributed by atoms with Crippen LogP contribution in [0.5, 0.6) is 11.5 Å². The minimum absolute atomic E-state index is 0.223. The highest BCUT2D eigenvalue weighted by molar-refractivity contribution is 5.67. The highest BCUT2D eigenvalue weighted by Gasteiger charge is 2.22. The van der Waals surface area contributed by atoms with Crippen molar-refractivity contribution in [1.82, 2.24) is 0 Å². The van der Waals surface area contributed by atoms with Gasteiger partial charge in [-0.25, -0.2) is 0 Å². The Bertz CT molecular complexity index is 665. The number of aliphatic hydroxyl groups is 2. The molecule has 0 spiro atoms. The normalized spacial score (nSPS) is 13.3. The van der Waals surface area contributed by atoms with Crippen molar-refractivity contribution in [2.75, 3.05) is 20.0 Å². The zero-order chi connectivity index (χ0) is 16.3. The van der Waals surface area contributed by atoms with Gasteiger partial charge in [0.2, 0.25) is 6.79 Å². The van der Waals surface area contributed by atoms with E-state index in [9.17, 15) is 10.2 Å². The van der Waals surface area contributed by atoms with Crippen molar-refractivity contribution in [3.8, 4) is 22.6 Å². The molecule has 1 aliphatic heterocycles. The Balaban J connectivity index is 1.70. The van der Waals surface area contributed by atoms with E-state index in [0.29, 0.717) is 12.8 Å². The lowest BCUT2D eigenvalue weighted by atomic mass is 9.93. The lowest BCUT2D eigenvalue weighted by molar-refractivity contribution is 0.115. The molecular formula is C18H21NO4. The minimum Gasteiger partial charge on any atom is -0.454 e. The summed E-state index contributed by atoms with van der Waals surface area (Å²) in [5, 5.41) is 18.5. The molecule has 1 heterocycles. The highest BCUT2D eigenvalue weighted by atomic mass is 16.7. The second-order valence-corrected chi connectivity index (χ2v) is 5.94. The van der Waals surface area contributed by atoms with Crippen LogP contribution in [0.3, 0.4) is 0 Å². The molecule has 0 saturated heterocycles. The first-order valence-electron chi connectivity index (χ1n) is 7.63. The number of hydrogen-bond acceptors (Lipinski definition) is 5. The molecule has 0 saturated carbocycles. The van der Waals surface area contributed by atoms with Crippen molar-refractivity contribution in [2.45, 2.75) is 18.4 Å². The Morgan fingerprint density at radius 3 is 2.26 bits per heavy atom. The first-order valence-corrected chi connectivity index (χ1v) is 7.63. The number of ether oxygens (including phenoxy) is 2. The third kappa shape index (κ3) is 3.47. The Morgan fingerprint density at radius 1 is 0.913 bits per heavy atom. The Morgan fingerprint density at radius 2 is 1.57 bits per heavy atom. The minimum atomic E-state index is -0.921. The standard InChI is InChI=1S/C18H21NO4/c19-18(10-20,11-21)8-7-13-1-3-14(4-2-13)15-5-6-16-17(9-15)23-12-22-16/h1-6,9,20-21H,7-8,10-12,19H2. The maximum atomic E-state index is 9.23. The van der Waals surface area contributed by atoms with Gasteiger partial charge in [-0.2, -0.15) is 0 Å². The summed E-state index contributed by atoms with van der Waals surface area (Å²) >= 11 is 0. The molecule has 0 aliphatic carbocycles. The molecule has 122 valence electrons. The molecule has 5 nitrogen and oxygen atoms in total. The number of hydrogen-bond donors (Lipinski definition) is 3. The molecule has 1 aliphatic rings. The molecule has 0 bridgehead atoms. The molecule has 0 aromatic heterocycles. The summed E-state index contributed by atoms with van der Waals surface area (Å²) in [6.07, 6.45) is 1.24. The van der Waals surface area contributed by atoms with E-state index in [4.69, 9.17) is 15.2 Å². The van der Waals surface area contributed by atoms with Crippen molar-refractivity contribution >= 4 is 0 Å². The summed E-state index contributed by atoms with van der Waals surface area (Å²) in [5.41, 5.74) is 8.25. The van der Waals surface area contributed by atoms with Crippen LogP contribution in [0.1, 0.15) is 12.0 Å². The van der Waals surface area contributed by atoms with Gasteiger partial charge in [-0.1, -0.05) is 30.3 Å². The first kappa shape index (κ1) is 15.8. The van der Waals surface area contributed by atoms with Crippen LogP contribution in [0.2, 0.25) is 0 Å². The van der Waals surface area contributed by atoms with Crippen LogP contribution in [0.4, 0.5) is 0 Å². The van der Waals surface area contributed by atoms with Gasteiger partial charge in [0.25, 0.3) is 0 Å². The predicted octanol–water partition coefficient (Wildman–Crippen LogP) is 1.70. The molecule has 3 rings (SSSR count). The van der Waals surface area contributed by atoms with E-state index >= 15 is 0 Å². The third-order valence-electron chi connectivity index (χ3n) is 4.20. The summed E-state index contributed by atoms with van der Waals surface area (Å²) in [4.78, 5) is 0. The van der Waals surface area contributed by atoms with Gasteiger partial charge in [0.15, 0.2) is 11.5 Å². The maximum absolute atomic E-state index is 9.23. The zero-order valence-electron chi connectivity index (χ0n) is 12.9. The second kappa shape index (κ2) is 6.58. The maximum Gasteiger partial charge on any atom is 0.231 e. The molecule has 0 atom stereocenters. The molecule has 23 heavy (non-hydrogen) atoms. The number of benzene rings is 2. The molecule has 0 unspecified atom stereocenters. The van der Waals surface area contributed by atoms with E-state index < -0.39 is 5.54 Å². The van der Waals surface area contributed by atoms with Gasteiger partial charge in [-0.05, 0) is 41.7 Å². The molecule has 0 radical (unpaired) electrons. The number of aliphatic hydroxyl groups excluding tert-OH is 2. The van der Waals surface area contributed by atoms with E-state index in [-0.39, 0.29) is 20.0 Å². The molecule has 4 N–H and O–H groups in total. The van der Waals surface area contributed by atoms with Crippen LogP contribution in [0.15, 0.2) is 42.5 Å². The summed E-state index contributed by atoms with van der Waals surface area (Å²) in [6.45, 7) is -0.175. The molecule has 0 amide bonds. The SMILES string of the molecule is NC(CO)(CO)CCc1ccc(-c2ccc3c(c2)OCO3)cc1. The van der Waals surface area contributed by atoms with E-state index in [1.54, 1.807) is 0 Å². The Hall–Kier alpha value is -2.08. The fourth-order valence-corrected chi connectivity index (χ4v) is 2.54. The Labute approximate surface area is 135 Å². The Kier molecular flexibility index (Phi) is 4.52. The van der Waals surface area contributed by atoms with Crippen molar-refractivity contribution in [1.29, 1.82) is 0 Å². The number of rotatable bonds is 6. The van der Waals surface area contributed by atoms with E-state index in [0.717, 1.165) is 28.2 Å². The zero-order valence-corrected chi connectivity index (χ0v) is 12.9. The fraction of sp³-hybridized carbons (Fsp3) is 0.333. The lowest BCUT2D eigenvalue weighted by Gasteiger charge is -2.24. The summed E-state index contributed by atoms with van der Waals surface area (Å²) in [7, 11) is 0. The van der Waals surface area contributed by atoms with Crippen molar-refractivity contribution in [2.24, 2.45) is 5.73 Å². The average Bonchev–Trinajstić information content (AvgIpc) is 3.08. The van der Waals surface area contributed by atoms with Crippen LogP contribution in [-0.4, -0.2) is 35.8 Å². The van der Waals surface area contributed by atoms with Gasteiger partial charge in [0.1, 0.15) is 0 Å². The number of nitrogens with two attached hydrogens (primary N) is 1. The number of aryl methyl sites for hydroxylation is 1. The predicted molar refractivity (Wildman–Crippen MR) is 87.4 cm³/mol. The van der Waals surface area contributed by atoms with Gasteiger partial charge >= 0.3 is 0 Å². The lowest BCUT2D eigenvalue weighted by Crippen LogP contribution is -2.47. The third-order valence-corrected chi connectivity index (χ3v) is 4.20. The van der Waals surface area contributed by atoms with Gasteiger partial charge in [0, 0.05) is 0 Å². The summed E-state index contributed by atoms with van der Waals surface area (Å²) < 4.78 is 10.7. The number of fused-ring (bicyclic) bond motifs is 1. The molecule has 5 heteroatoms. The van der Waals surface area contributed by atoms with Gasteiger partial charge in [0.05, 0.1) is 18.8 Å². The van der Waals surface area contributed by atoms with Crippen LogP contribution < -0.4 is 15.2 Å². The van der Waals surface area contributed by atoms with Crippen molar-refractivity contribution in [3.05, 3.63) is 48.0 Å². The van der Waals surface area contributed by atoms with Crippen molar-refractivity contribution < 1.29 is 19.7 Å². The largest absolute Gasteiger partial charge is 0.454 e. The topological polar surface area (TPSA) is 84.9 Å². The van der Waals surface area contributed by atoms with Crippen LogP contribution >= 0.6 is 0 Å². The molecular weight excluding hydrogens is 294 g/mol. The smallest absolute Gasteiger partial charge is 0.231 e. The quantitative estimate of drug-likeness (QED) is 0.755. The van der Waals surface area contributed by atoms with Crippen LogP contribution in [-0.2, 0) is 6.42 Å². The van der Waals surface area contributed by atoms with E-state index in [1.165, 1.54) is 0 Å². The monoisotopic (exact) mass is 315 g/mol. The highest BCUT2D eigenvalue weighted by Crippen LogP contribution is 2.35. The summed E-state index contributed by atoms with van der Waals surface area (Å²) in [6, 6.07) is 14.1. The second-order valence-electron chi connectivity index (χ2n) is 5.94.